The molecule has 0 spiro atoms. The third kappa shape index (κ3) is 6.64. The first kappa shape index (κ1) is 28.1. The van der Waals surface area contributed by atoms with Crippen LogP contribution in [0.2, 0.25) is 0 Å². The Morgan fingerprint density at radius 3 is 2.54 bits per heavy atom. The van der Waals surface area contributed by atoms with E-state index < -0.39 is 0 Å². The van der Waals surface area contributed by atoms with E-state index in [1.165, 1.54) is 13.5 Å². The molecule has 1 aliphatic heterocycles. The fourth-order valence-electron chi connectivity index (χ4n) is 5.19. The summed E-state index contributed by atoms with van der Waals surface area (Å²) in [6.07, 6.45) is 8.66. The van der Waals surface area contributed by atoms with E-state index >= 15 is 0 Å². The first-order chi connectivity index (χ1) is 19.9. The van der Waals surface area contributed by atoms with Gasteiger partial charge in [-0.25, -0.2) is 19.7 Å². The molecular formula is C31H34N6O4. The predicted octanol–water partition coefficient (Wildman–Crippen LogP) is 5.07. The molecule has 0 atom stereocenters. The number of nitrogens with one attached hydrogen (secondary N) is 1. The summed E-state index contributed by atoms with van der Waals surface area (Å²) in [5.41, 5.74) is 4.81. The minimum atomic E-state index is -0.376. The number of nitrogens with zero attached hydrogens (tertiary/aromatic N) is 5. The summed E-state index contributed by atoms with van der Waals surface area (Å²) in [5.74, 6) is -0.316. The van der Waals surface area contributed by atoms with Crippen LogP contribution < -0.4 is 10.2 Å². The van der Waals surface area contributed by atoms with E-state index in [2.05, 4.69) is 15.2 Å². The number of benzene rings is 2. The first-order valence-corrected chi connectivity index (χ1v) is 14.0. The molecule has 1 aromatic heterocycles. The Kier molecular flexibility index (Phi) is 8.75. The number of ether oxygens (including phenoxy) is 2. The lowest BCUT2D eigenvalue weighted by Crippen LogP contribution is -2.37. The molecule has 5 rings (SSSR count). The average Bonchev–Trinajstić information content (AvgIpc) is 3.02. The third-order valence-corrected chi connectivity index (χ3v) is 7.48. The number of aryl methyl sites for hydroxylation is 1. The van der Waals surface area contributed by atoms with Crippen LogP contribution in [0, 0.1) is 18.4 Å². The summed E-state index contributed by atoms with van der Waals surface area (Å²) in [6, 6.07) is 12.6. The molecule has 1 N–H and O–H groups in total. The molecule has 10 heteroatoms. The van der Waals surface area contributed by atoms with Crippen molar-refractivity contribution in [1.29, 1.82) is 5.26 Å². The Morgan fingerprint density at radius 2 is 1.83 bits per heavy atom. The van der Waals surface area contributed by atoms with Crippen molar-refractivity contribution >= 4 is 29.2 Å². The van der Waals surface area contributed by atoms with Crippen LogP contribution in [0.15, 0.2) is 48.7 Å². The predicted molar refractivity (Wildman–Crippen MR) is 155 cm³/mol. The smallest absolute Gasteiger partial charge is 0.340 e. The van der Waals surface area contributed by atoms with Crippen molar-refractivity contribution in [2.45, 2.75) is 45.1 Å². The summed E-state index contributed by atoms with van der Waals surface area (Å²) in [7, 11) is 1.43. The van der Waals surface area contributed by atoms with Gasteiger partial charge in [0.1, 0.15) is 6.10 Å². The summed E-state index contributed by atoms with van der Waals surface area (Å²) < 4.78 is 11.5. The largest absolute Gasteiger partial charge is 0.459 e. The highest BCUT2D eigenvalue weighted by Crippen LogP contribution is 2.30. The lowest BCUT2D eigenvalue weighted by Gasteiger charge is -2.31. The lowest BCUT2D eigenvalue weighted by molar-refractivity contribution is 0.0211. The summed E-state index contributed by atoms with van der Waals surface area (Å²) >= 11 is 0. The molecule has 0 unspecified atom stereocenters. The zero-order valence-electron chi connectivity index (χ0n) is 23.4. The van der Waals surface area contributed by atoms with Gasteiger partial charge in [0, 0.05) is 43.1 Å². The van der Waals surface area contributed by atoms with Crippen LogP contribution >= 0.6 is 0 Å². The van der Waals surface area contributed by atoms with E-state index in [4.69, 9.17) is 19.7 Å². The van der Waals surface area contributed by atoms with Crippen molar-refractivity contribution < 1.29 is 19.1 Å². The van der Waals surface area contributed by atoms with Gasteiger partial charge >= 0.3 is 5.97 Å². The number of esters is 1. The fraction of sp³-hybridized carbons (Fsp3) is 0.387. The van der Waals surface area contributed by atoms with Gasteiger partial charge in [-0.15, -0.1) is 0 Å². The van der Waals surface area contributed by atoms with E-state index in [9.17, 15) is 9.59 Å². The zero-order valence-corrected chi connectivity index (χ0v) is 23.4. The molecule has 1 amide bonds. The number of aromatic nitrogens is 2. The van der Waals surface area contributed by atoms with Gasteiger partial charge in [0.2, 0.25) is 5.95 Å². The number of carbonyl (C=O) groups excluding carboxylic acids is 2. The van der Waals surface area contributed by atoms with Crippen molar-refractivity contribution in [3.63, 3.8) is 0 Å². The van der Waals surface area contributed by atoms with Gasteiger partial charge in [-0.1, -0.05) is 18.6 Å². The number of amides is 1. The molecule has 10 nitrogen and oxygen atoms in total. The number of hydrogen-bond acceptors (Lipinski definition) is 9. The van der Waals surface area contributed by atoms with Gasteiger partial charge in [0.25, 0.3) is 5.91 Å². The average molecular weight is 555 g/mol. The van der Waals surface area contributed by atoms with Gasteiger partial charge in [0.15, 0.2) is 6.19 Å². The van der Waals surface area contributed by atoms with Gasteiger partial charge in [-0.2, -0.15) is 5.26 Å². The van der Waals surface area contributed by atoms with Crippen LogP contribution in [-0.4, -0.2) is 66.2 Å². The zero-order chi connectivity index (χ0) is 28.8. The molecule has 1 saturated carbocycles. The van der Waals surface area contributed by atoms with Crippen molar-refractivity contribution in [1.82, 2.24) is 14.9 Å². The Hall–Kier alpha value is -4.49. The first-order valence-electron chi connectivity index (χ1n) is 14.0. The standard InChI is InChI=1S/C31H34N6O4/c1-21-19-33-31(35-28(21)22-8-10-23(11-9-22)29(38)36(2)20-32)34-24-12-13-27(37-14-16-40-17-15-37)26(18-24)30(39)41-25-6-4-3-5-7-25/h8-13,18-19,25H,3-7,14-17H2,1-2H3,(H,33,34,35). The molecule has 2 aliphatic rings. The molecule has 212 valence electrons. The summed E-state index contributed by atoms with van der Waals surface area (Å²) in [5, 5.41) is 12.2. The van der Waals surface area contributed by atoms with Crippen LogP contribution in [-0.2, 0) is 9.47 Å². The molecule has 2 aromatic carbocycles. The molecule has 2 heterocycles. The van der Waals surface area contributed by atoms with Crippen LogP contribution in [0.25, 0.3) is 11.3 Å². The van der Waals surface area contributed by atoms with Crippen molar-refractivity contribution in [3.8, 4) is 17.5 Å². The van der Waals surface area contributed by atoms with Crippen molar-refractivity contribution in [3.05, 3.63) is 65.4 Å². The lowest BCUT2D eigenvalue weighted by atomic mass is 9.98. The number of hydrogen-bond donors (Lipinski definition) is 1. The van der Waals surface area contributed by atoms with E-state index in [1.807, 2.05) is 31.3 Å². The molecule has 0 bridgehead atoms. The highest BCUT2D eigenvalue weighted by atomic mass is 16.5. The minimum absolute atomic E-state index is 0.0459. The maximum atomic E-state index is 13.4. The van der Waals surface area contributed by atoms with Crippen molar-refractivity contribution in [2.24, 2.45) is 0 Å². The molecule has 2 fully saturated rings. The van der Waals surface area contributed by atoms with Crippen LogP contribution in [0.4, 0.5) is 17.3 Å². The third-order valence-electron chi connectivity index (χ3n) is 7.48. The molecule has 3 aromatic rings. The number of rotatable bonds is 7. The molecule has 1 saturated heterocycles. The Balaban J connectivity index is 1.39. The SMILES string of the molecule is Cc1cnc(Nc2ccc(N3CCOCC3)c(C(=O)OC3CCCCC3)c2)nc1-c1ccc(C(=O)N(C)C#N)cc1. The molecule has 41 heavy (non-hydrogen) atoms. The number of morpholine rings is 1. The van der Waals surface area contributed by atoms with Crippen molar-refractivity contribution in [2.75, 3.05) is 43.6 Å². The topological polar surface area (TPSA) is 121 Å². The molecule has 1 aliphatic carbocycles. The van der Waals surface area contributed by atoms with E-state index in [0.29, 0.717) is 54.8 Å². The highest BCUT2D eigenvalue weighted by Gasteiger charge is 2.24. The quantitative estimate of drug-likeness (QED) is 0.242. The number of nitriles is 1. The minimum Gasteiger partial charge on any atom is -0.459 e. The van der Waals surface area contributed by atoms with Gasteiger partial charge in [-0.05, 0) is 68.5 Å². The second kappa shape index (κ2) is 12.8. The van der Waals surface area contributed by atoms with Gasteiger partial charge in [0.05, 0.1) is 30.2 Å². The Bertz CT molecular complexity index is 1440. The fourth-order valence-corrected chi connectivity index (χ4v) is 5.19. The molecule has 0 radical (unpaired) electrons. The second-order valence-electron chi connectivity index (χ2n) is 10.4. The van der Waals surface area contributed by atoms with E-state index in [-0.39, 0.29) is 18.0 Å². The molecular weight excluding hydrogens is 520 g/mol. The van der Waals surface area contributed by atoms with Gasteiger partial charge < -0.3 is 19.7 Å². The Morgan fingerprint density at radius 1 is 1.10 bits per heavy atom. The maximum Gasteiger partial charge on any atom is 0.340 e. The Labute approximate surface area is 239 Å². The van der Waals surface area contributed by atoms with Crippen LogP contribution in [0.5, 0.6) is 0 Å². The van der Waals surface area contributed by atoms with E-state index in [1.54, 1.807) is 30.5 Å². The van der Waals surface area contributed by atoms with Crippen LogP contribution in [0.1, 0.15) is 58.4 Å². The summed E-state index contributed by atoms with van der Waals surface area (Å²) in [4.78, 5) is 38.0. The normalized spacial score (nSPS) is 15.6. The number of anilines is 3. The van der Waals surface area contributed by atoms with Crippen LogP contribution in [0.3, 0.4) is 0 Å². The highest BCUT2D eigenvalue weighted by molar-refractivity contribution is 5.97. The monoisotopic (exact) mass is 554 g/mol. The van der Waals surface area contributed by atoms with E-state index in [0.717, 1.165) is 47.4 Å². The number of carbonyl (C=O) groups is 2. The second-order valence-corrected chi connectivity index (χ2v) is 10.4. The summed E-state index contributed by atoms with van der Waals surface area (Å²) in [6.45, 7) is 4.55. The maximum absolute atomic E-state index is 13.4. The van der Waals surface area contributed by atoms with Gasteiger partial charge in [-0.3, -0.25) is 4.79 Å².